The Kier molecular flexibility index (Phi) is 4.54. The van der Waals surface area contributed by atoms with Crippen LogP contribution in [0, 0.1) is 10.1 Å². The molecule has 0 saturated heterocycles. The van der Waals surface area contributed by atoms with Crippen LogP contribution in [0.5, 0.6) is 0 Å². The number of halogens is 1. The molecule has 0 aliphatic heterocycles. The third kappa shape index (κ3) is 3.25. The van der Waals surface area contributed by atoms with Crippen molar-refractivity contribution in [3.05, 3.63) is 32.4 Å². The number of carboxylic acid groups (broad SMARTS) is 1. The van der Waals surface area contributed by atoms with E-state index in [9.17, 15) is 19.7 Å². The van der Waals surface area contributed by atoms with E-state index in [0.717, 1.165) is 17.2 Å². The van der Waals surface area contributed by atoms with Crippen LogP contribution in [0.15, 0.2) is 16.7 Å². The van der Waals surface area contributed by atoms with Crippen molar-refractivity contribution >= 4 is 33.6 Å². The van der Waals surface area contributed by atoms with E-state index in [2.05, 4.69) is 20.9 Å². The van der Waals surface area contributed by atoms with Crippen molar-refractivity contribution in [1.29, 1.82) is 0 Å². The fourth-order valence-electron chi connectivity index (χ4n) is 1.22. The van der Waals surface area contributed by atoms with Gasteiger partial charge in [-0.15, -0.1) is 0 Å². The number of pyridine rings is 1. The lowest BCUT2D eigenvalue weighted by atomic mass is 10.2. The molecule has 1 aromatic rings. The van der Waals surface area contributed by atoms with Gasteiger partial charge in [0.05, 0.1) is 10.0 Å². The fourth-order valence-corrected chi connectivity index (χ4v) is 1.61. The highest BCUT2D eigenvalue weighted by Gasteiger charge is 2.26. The summed E-state index contributed by atoms with van der Waals surface area (Å²) in [7, 11) is 1.31. The molecule has 0 aliphatic carbocycles. The Morgan fingerprint density at radius 2 is 2.16 bits per heavy atom. The first-order valence-corrected chi connectivity index (χ1v) is 5.85. The summed E-state index contributed by atoms with van der Waals surface area (Å²) in [5, 5.41) is 19.4. The topological polar surface area (TPSA) is 114 Å². The normalized spacial score (nSPS) is 11.7. The predicted octanol–water partition coefficient (Wildman–Crippen LogP) is 1.30. The SMILES string of the molecule is CC(C(=O)O)N(C)C(=O)c1cc([N+](=O)[O-])ncc1Br. The highest BCUT2D eigenvalue weighted by atomic mass is 79.9. The van der Waals surface area contributed by atoms with E-state index >= 15 is 0 Å². The monoisotopic (exact) mass is 331 g/mol. The number of carbonyl (C=O) groups excluding carboxylic acids is 1. The first kappa shape index (κ1) is 15.0. The zero-order chi connectivity index (χ0) is 14.7. The molecular weight excluding hydrogens is 322 g/mol. The smallest absolute Gasteiger partial charge is 0.364 e. The number of rotatable bonds is 4. The minimum atomic E-state index is -1.17. The summed E-state index contributed by atoms with van der Waals surface area (Å²) >= 11 is 3.05. The van der Waals surface area contributed by atoms with Gasteiger partial charge in [-0.05, 0) is 32.8 Å². The van der Waals surface area contributed by atoms with Crippen molar-refractivity contribution in [3.63, 3.8) is 0 Å². The van der Waals surface area contributed by atoms with E-state index < -0.39 is 28.7 Å². The number of carbonyl (C=O) groups is 2. The van der Waals surface area contributed by atoms with Gasteiger partial charge in [0, 0.05) is 13.1 Å². The Morgan fingerprint density at radius 3 is 2.63 bits per heavy atom. The number of amides is 1. The van der Waals surface area contributed by atoms with E-state index in [4.69, 9.17) is 5.11 Å². The van der Waals surface area contributed by atoms with Crippen LogP contribution >= 0.6 is 15.9 Å². The molecule has 1 heterocycles. The summed E-state index contributed by atoms with van der Waals surface area (Å²) in [6.45, 7) is 1.34. The molecular formula is C10H10BrN3O5. The molecule has 0 spiro atoms. The lowest BCUT2D eigenvalue weighted by Gasteiger charge is -2.21. The largest absolute Gasteiger partial charge is 0.480 e. The molecule has 0 aliphatic rings. The van der Waals surface area contributed by atoms with E-state index in [1.165, 1.54) is 14.0 Å². The minimum Gasteiger partial charge on any atom is -0.480 e. The van der Waals surface area contributed by atoms with Gasteiger partial charge in [-0.2, -0.15) is 0 Å². The molecule has 102 valence electrons. The van der Waals surface area contributed by atoms with Crippen LogP contribution < -0.4 is 0 Å². The Bertz CT molecular complexity index is 548. The number of nitrogens with zero attached hydrogens (tertiary/aromatic N) is 3. The van der Waals surface area contributed by atoms with Crippen LogP contribution in [0.25, 0.3) is 0 Å². The third-order valence-electron chi connectivity index (χ3n) is 2.52. The minimum absolute atomic E-state index is 0.0164. The molecule has 8 nitrogen and oxygen atoms in total. The second kappa shape index (κ2) is 5.74. The lowest BCUT2D eigenvalue weighted by Crippen LogP contribution is -2.40. The number of likely N-dealkylation sites (N-methyl/N-ethyl adjacent to an activating group) is 1. The fraction of sp³-hybridized carbons (Fsp3) is 0.300. The number of aliphatic carboxylic acids is 1. The van der Waals surface area contributed by atoms with E-state index in [-0.39, 0.29) is 10.0 Å². The van der Waals surface area contributed by atoms with Crippen molar-refractivity contribution in [1.82, 2.24) is 9.88 Å². The first-order valence-electron chi connectivity index (χ1n) is 5.05. The van der Waals surface area contributed by atoms with Gasteiger partial charge < -0.3 is 20.1 Å². The summed E-state index contributed by atoms with van der Waals surface area (Å²) in [5.74, 6) is -2.30. The van der Waals surface area contributed by atoms with Gasteiger partial charge in [-0.1, -0.05) is 0 Å². The number of aromatic nitrogens is 1. The predicted molar refractivity (Wildman–Crippen MR) is 67.8 cm³/mol. The van der Waals surface area contributed by atoms with Gasteiger partial charge in [-0.25, -0.2) is 4.79 Å². The molecule has 9 heteroatoms. The second-order valence-corrected chi connectivity index (χ2v) is 4.56. The molecule has 19 heavy (non-hydrogen) atoms. The molecule has 1 N–H and O–H groups in total. The van der Waals surface area contributed by atoms with Crippen molar-refractivity contribution in [3.8, 4) is 0 Å². The third-order valence-corrected chi connectivity index (χ3v) is 3.15. The van der Waals surface area contributed by atoms with Gasteiger partial charge in [0.25, 0.3) is 5.91 Å². The van der Waals surface area contributed by atoms with Crippen molar-refractivity contribution in [2.45, 2.75) is 13.0 Å². The maximum atomic E-state index is 12.1. The van der Waals surface area contributed by atoms with Gasteiger partial charge >= 0.3 is 11.8 Å². The Morgan fingerprint density at radius 1 is 1.58 bits per heavy atom. The summed E-state index contributed by atoms with van der Waals surface area (Å²) in [5.41, 5.74) is -0.0164. The van der Waals surface area contributed by atoms with Crippen LogP contribution in [0.1, 0.15) is 17.3 Å². The summed E-state index contributed by atoms with van der Waals surface area (Å²) < 4.78 is 0.257. The summed E-state index contributed by atoms with van der Waals surface area (Å²) in [6.07, 6.45) is 1.13. The Labute approximate surface area is 116 Å². The van der Waals surface area contributed by atoms with Crippen LogP contribution in [-0.4, -0.2) is 44.9 Å². The lowest BCUT2D eigenvalue weighted by molar-refractivity contribution is -0.389. The van der Waals surface area contributed by atoms with Crippen LogP contribution in [0.2, 0.25) is 0 Å². The summed E-state index contributed by atoms with van der Waals surface area (Å²) in [6, 6.07) is -0.0519. The van der Waals surface area contributed by atoms with Gasteiger partial charge in [0.1, 0.15) is 6.04 Å². The quantitative estimate of drug-likeness (QED) is 0.657. The van der Waals surface area contributed by atoms with Gasteiger partial charge in [0.2, 0.25) is 0 Å². The highest BCUT2D eigenvalue weighted by Crippen LogP contribution is 2.21. The molecule has 0 radical (unpaired) electrons. The maximum absolute atomic E-state index is 12.1. The van der Waals surface area contributed by atoms with Crippen LogP contribution in [-0.2, 0) is 4.79 Å². The molecule has 0 aromatic carbocycles. The van der Waals surface area contributed by atoms with Gasteiger partial charge in [0.15, 0.2) is 6.20 Å². The summed E-state index contributed by atoms with van der Waals surface area (Å²) in [4.78, 5) is 37.3. The highest BCUT2D eigenvalue weighted by molar-refractivity contribution is 9.10. The van der Waals surface area contributed by atoms with Crippen molar-refractivity contribution in [2.24, 2.45) is 0 Å². The second-order valence-electron chi connectivity index (χ2n) is 3.71. The Hall–Kier alpha value is -2.03. The van der Waals surface area contributed by atoms with E-state index in [1.807, 2.05) is 0 Å². The molecule has 0 fully saturated rings. The van der Waals surface area contributed by atoms with Gasteiger partial charge in [-0.3, -0.25) is 4.79 Å². The molecule has 0 saturated carbocycles. The maximum Gasteiger partial charge on any atom is 0.364 e. The standard InChI is InChI=1S/C10H10BrN3O5/c1-5(10(16)17)13(2)9(15)6-3-8(14(18)19)12-4-7(6)11/h3-5H,1-2H3,(H,16,17). The molecule has 1 rings (SSSR count). The zero-order valence-electron chi connectivity index (χ0n) is 10.0. The molecule has 1 amide bonds. The molecule has 1 atom stereocenters. The van der Waals surface area contributed by atoms with Crippen molar-refractivity contribution < 1.29 is 19.6 Å². The number of hydrogen-bond donors (Lipinski definition) is 1. The molecule has 1 unspecified atom stereocenters. The van der Waals surface area contributed by atoms with E-state index in [1.54, 1.807) is 0 Å². The molecule has 0 bridgehead atoms. The molecule has 1 aromatic heterocycles. The average molecular weight is 332 g/mol. The van der Waals surface area contributed by atoms with Crippen LogP contribution in [0.3, 0.4) is 0 Å². The van der Waals surface area contributed by atoms with E-state index in [0.29, 0.717) is 0 Å². The average Bonchev–Trinajstić information content (AvgIpc) is 2.36. The number of carboxylic acids is 1. The Balaban J connectivity index is 3.15. The van der Waals surface area contributed by atoms with Crippen LogP contribution in [0.4, 0.5) is 5.82 Å². The number of nitro groups is 1. The zero-order valence-corrected chi connectivity index (χ0v) is 11.6. The van der Waals surface area contributed by atoms with Crippen molar-refractivity contribution in [2.75, 3.05) is 7.05 Å². The number of hydrogen-bond acceptors (Lipinski definition) is 5. The first-order chi connectivity index (χ1) is 8.75.